The number of unbranched alkanes of at least 4 members (excludes halogenated alkanes) is 2. The van der Waals surface area contributed by atoms with Crippen LogP contribution in [-0.4, -0.2) is 109 Å². The molecule has 0 saturated heterocycles. The quantitative estimate of drug-likeness (QED) is 0.0311. The van der Waals surface area contributed by atoms with E-state index in [0.29, 0.717) is 30.9 Å². The van der Waals surface area contributed by atoms with Crippen molar-refractivity contribution in [2.75, 3.05) is 65.2 Å². The van der Waals surface area contributed by atoms with Gasteiger partial charge in [-0.15, -0.1) is 18.3 Å². The predicted octanol–water partition coefficient (Wildman–Crippen LogP) is 8.16. The number of amides is 1. The van der Waals surface area contributed by atoms with Crippen LogP contribution in [0.25, 0.3) is 0 Å². The Labute approximate surface area is 370 Å². The highest BCUT2D eigenvalue weighted by Gasteiger charge is 2.65. The van der Waals surface area contributed by atoms with Crippen LogP contribution in [0.2, 0.25) is 0 Å². The van der Waals surface area contributed by atoms with Crippen LogP contribution in [-0.2, 0) is 25.7 Å². The number of carbonyl (C=O) groups is 1. The Hall–Kier alpha value is -4.37. The molecule has 0 bridgehead atoms. The smallest absolute Gasteiger partial charge is 0.410 e. The number of hydrogen-bond acceptors (Lipinski definition) is 12. The standard InChI is InChI=1S/C49H64N2O10S/c1-3-27-59-49-45(51(48(55)57-4-2)23-28-56-29-26-54)34-43(50-60-35-36-15-7-5-8-16-36)41-32-37(17-11-13-24-52)40(20-12-14-25-53)46(47(41)49)42-33-38(21-22-44(42)61-49)58-30-31-62-39-18-9-6-10-19-39/h3,5-10,15-16,18-19,21-22,32-33,37,40,45-47,52-54H,1,4,11-14,17,20,23-31,34-35H2,2H3. The van der Waals surface area contributed by atoms with Gasteiger partial charge >= 0.3 is 6.09 Å². The van der Waals surface area contributed by atoms with Crippen LogP contribution >= 0.6 is 11.8 Å². The summed E-state index contributed by atoms with van der Waals surface area (Å²) in [5.74, 6) is 0.123. The summed E-state index contributed by atoms with van der Waals surface area (Å²) in [4.78, 5) is 23.2. The van der Waals surface area contributed by atoms with Crippen LogP contribution in [0.1, 0.15) is 68.9 Å². The second-order valence-corrected chi connectivity index (χ2v) is 16.9. The number of aliphatic hydroxyl groups is 3. The van der Waals surface area contributed by atoms with Gasteiger partial charge in [-0.1, -0.05) is 78.7 Å². The maximum atomic E-state index is 14.2. The lowest BCUT2D eigenvalue weighted by Crippen LogP contribution is -2.70. The van der Waals surface area contributed by atoms with Crippen molar-refractivity contribution in [3.63, 3.8) is 0 Å². The molecule has 0 aromatic heterocycles. The fourth-order valence-corrected chi connectivity index (χ4v) is 10.00. The molecular formula is C49H64N2O10S. The molecule has 6 rings (SSSR count). The first-order valence-corrected chi connectivity index (χ1v) is 23.1. The number of rotatable bonds is 26. The molecule has 6 unspecified atom stereocenters. The molecule has 2 aliphatic carbocycles. The van der Waals surface area contributed by atoms with Crippen molar-refractivity contribution in [3.8, 4) is 11.5 Å². The van der Waals surface area contributed by atoms with Gasteiger partial charge in [0.2, 0.25) is 5.79 Å². The summed E-state index contributed by atoms with van der Waals surface area (Å²) in [6.07, 6.45) is 8.28. The molecule has 1 fully saturated rings. The molecule has 13 heteroatoms. The topological polar surface area (TPSA) is 149 Å². The van der Waals surface area contributed by atoms with Crippen LogP contribution < -0.4 is 9.47 Å². The van der Waals surface area contributed by atoms with Crippen LogP contribution in [0.3, 0.4) is 0 Å². The summed E-state index contributed by atoms with van der Waals surface area (Å²) >= 11 is 1.74. The highest BCUT2D eigenvalue weighted by molar-refractivity contribution is 7.99. The van der Waals surface area contributed by atoms with E-state index in [0.717, 1.165) is 53.9 Å². The lowest BCUT2D eigenvalue weighted by atomic mass is 9.55. The van der Waals surface area contributed by atoms with Gasteiger partial charge < -0.3 is 43.8 Å². The largest absolute Gasteiger partial charge is 0.493 e. The normalized spacial score (nSPS) is 23.1. The van der Waals surface area contributed by atoms with E-state index in [-0.39, 0.29) is 83.6 Å². The number of fused-ring (bicyclic) bond motifs is 2. The van der Waals surface area contributed by atoms with Crippen molar-refractivity contribution in [1.82, 2.24) is 4.90 Å². The summed E-state index contributed by atoms with van der Waals surface area (Å²) in [7, 11) is 0. The summed E-state index contributed by atoms with van der Waals surface area (Å²) < 4.78 is 32.3. The molecule has 0 spiro atoms. The van der Waals surface area contributed by atoms with Crippen molar-refractivity contribution >= 4 is 23.6 Å². The fourth-order valence-electron chi connectivity index (χ4n) is 9.24. The van der Waals surface area contributed by atoms with Crippen LogP contribution in [0.5, 0.6) is 11.5 Å². The van der Waals surface area contributed by atoms with E-state index in [1.807, 2.05) is 60.7 Å². The van der Waals surface area contributed by atoms with E-state index in [1.165, 1.54) is 4.90 Å². The fraction of sp³-hybridized carbons (Fsp3) is 0.510. The second kappa shape index (κ2) is 24.5. The third-order valence-corrected chi connectivity index (χ3v) is 12.8. The highest BCUT2D eigenvalue weighted by Crippen LogP contribution is 2.62. The number of ether oxygens (including phenoxy) is 5. The second-order valence-electron chi connectivity index (χ2n) is 15.8. The minimum Gasteiger partial charge on any atom is -0.493 e. The van der Waals surface area contributed by atoms with Gasteiger partial charge in [-0.3, -0.25) is 4.90 Å². The number of allylic oxidation sites excluding steroid dienone is 1. The molecule has 1 aliphatic heterocycles. The Balaban J connectivity index is 1.51. The van der Waals surface area contributed by atoms with Gasteiger partial charge in [-0.05, 0) is 85.9 Å². The molecule has 6 atom stereocenters. The molecule has 1 saturated carbocycles. The Morgan fingerprint density at radius 3 is 2.44 bits per heavy atom. The number of aliphatic hydroxyl groups excluding tert-OH is 3. The third-order valence-electron chi connectivity index (χ3n) is 11.8. The van der Waals surface area contributed by atoms with E-state index in [4.69, 9.17) is 33.7 Å². The van der Waals surface area contributed by atoms with Crippen molar-refractivity contribution < 1.29 is 48.6 Å². The van der Waals surface area contributed by atoms with Crippen LogP contribution in [0, 0.1) is 17.8 Å². The molecule has 62 heavy (non-hydrogen) atoms. The van der Waals surface area contributed by atoms with Gasteiger partial charge in [0.1, 0.15) is 24.1 Å². The van der Waals surface area contributed by atoms with Crippen molar-refractivity contribution in [2.45, 2.75) is 81.1 Å². The van der Waals surface area contributed by atoms with Crippen LogP contribution in [0.15, 0.2) is 113 Å². The maximum absolute atomic E-state index is 14.2. The number of nitrogens with zero attached hydrogens (tertiary/aromatic N) is 2. The third kappa shape index (κ3) is 11.8. The zero-order valence-corrected chi connectivity index (χ0v) is 36.8. The first kappa shape index (κ1) is 47.1. The Morgan fingerprint density at radius 1 is 0.952 bits per heavy atom. The minimum atomic E-state index is -1.44. The number of oxime groups is 1. The van der Waals surface area contributed by atoms with Gasteiger partial charge in [0.25, 0.3) is 0 Å². The maximum Gasteiger partial charge on any atom is 0.410 e. The van der Waals surface area contributed by atoms with Gasteiger partial charge in [-0.25, -0.2) is 4.79 Å². The molecule has 12 nitrogen and oxygen atoms in total. The number of benzene rings is 3. The van der Waals surface area contributed by atoms with Crippen molar-refractivity contribution in [2.24, 2.45) is 22.9 Å². The number of thioether (sulfide) groups is 1. The van der Waals surface area contributed by atoms with E-state index >= 15 is 0 Å². The lowest BCUT2D eigenvalue weighted by molar-refractivity contribution is -0.256. The van der Waals surface area contributed by atoms with Gasteiger partial charge in [0.05, 0.1) is 51.3 Å². The molecule has 3 aliphatic rings. The SMILES string of the molecule is C=CCOC12Oc3ccc(OCCSc4ccccc4)cc3C3C(CCCCO)C(CCCCO)C=C(C(=NOCc4ccccc4)CC1N(CCOCCO)C(=O)OCC)C32. The van der Waals surface area contributed by atoms with Gasteiger partial charge in [0.15, 0.2) is 0 Å². The Kier molecular flexibility index (Phi) is 18.6. The first-order valence-electron chi connectivity index (χ1n) is 22.1. The molecule has 3 aromatic carbocycles. The van der Waals surface area contributed by atoms with Crippen molar-refractivity contribution in [3.05, 3.63) is 114 Å². The predicted molar refractivity (Wildman–Crippen MR) is 240 cm³/mol. The summed E-state index contributed by atoms with van der Waals surface area (Å²) in [5.41, 5.74) is 3.56. The highest BCUT2D eigenvalue weighted by atomic mass is 32.2. The Bertz CT molecular complexity index is 1900. The molecule has 1 amide bonds. The number of carbonyl (C=O) groups excluding carboxylic acids is 1. The lowest BCUT2D eigenvalue weighted by Gasteiger charge is -2.59. The molecular weight excluding hydrogens is 809 g/mol. The molecule has 3 aromatic rings. The number of hydrogen-bond donors (Lipinski definition) is 3. The summed E-state index contributed by atoms with van der Waals surface area (Å²) in [6.45, 7) is 7.24. The van der Waals surface area contributed by atoms with E-state index < -0.39 is 23.8 Å². The average Bonchev–Trinajstić information content (AvgIpc) is 3.29. The van der Waals surface area contributed by atoms with Crippen molar-refractivity contribution in [1.29, 1.82) is 0 Å². The first-order chi connectivity index (χ1) is 30.5. The Morgan fingerprint density at radius 2 is 1.71 bits per heavy atom. The van der Waals surface area contributed by atoms with Gasteiger partial charge in [-0.2, -0.15) is 0 Å². The summed E-state index contributed by atoms with van der Waals surface area (Å²) in [5, 5.41) is 34.3. The zero-order valence-electron chi connectivity index (χ0n) is 36.0. The molecule has 1 heterocycles. The zero-order chi connectivity index (χ0) is 43.6. The molecule has 0 radical (unpaired) electrons. The van der Waals surface area contributed by atoms with E-state index in [2.05, 4.69) is 30.9 Å². The molecule has 3 N–H and O–H groups in total. The van der Waals surface area contributed by atoms with E-state index in [1.54, 1.807) is 29.7 Å². The summed E-state index contributed by atoms with van der Waals surface area (Å²) in [6, 6.07) is 25.3. The van der Waals surface area contributed by atoms with Crippen LogP contribution in [0.4, 0.5) is 4.79 Å². The molecule has 336 valence electrons. The monoisotopic (exact) mass is 872 g/mol. The van der Waals surface area contributed by atoms with E-state index in [9.17, 15) is 20.1 Å². The van der Waals surface area contributed by atoms with Gasteiger partial charge in [0, 0.05) is 48.3 Å². The average molecular weight is 873 g/mol. The minimum absolute atomic E-state index is 0.0569.